The van der Waals surface area contributed by atoms with Gasteiger partial charge in [-0.2, -0.15) is 0 Å². The number of aromatic nitrogens is 4. The molecule has 0 N–H and O–H groups in total. The van der Waals surface area contributed by atoms with Crippen LogP contribution in [0.3, 0.4) is 0 Å². The van der Waals surface area contributed by atoms with E-state index in [2.05, 4.69) is 16.1 Å². The van der Waals surface area contributed by atoms with Crippen LogP contribution in [0.25, 0.3) is 15.9 Å². The van der Waals surface area contributed by atoms with Crippen molar-refractivity contribution in [2.24, 2.45) is 0 Å². The summed E-state index contributed by atoms with van der Waals surface area (Å²) >= 11 is 1.64. The molecule has 8 heteroatoms. The first-order valence-electron chi connectivity index (χ1n) is 9.96. The number of aryl methyl sites for hydroxylation is 1. The van der Waals surface area contributed by atoms with E-state index in [1.54, 1.807) is 35.1 Å². The van der Waals surface area contributed by atoms with E-state index >= 15 is 0 Å². The standard InChI is InChI=1S/C22H20FN5OS/c1-14-24-20(26-28(14)16-11-9-15(23)10-12-16)22(29)27-13-5-4-7-18(27)21-25-17-6-2-3-8-19(17)30-21/h2-3,6,8-12,18H,4-5,7,13H2,1H3/t18-/m1/s1. The number of rotatable bonds is 3. The van der Waals surface area contributed by atoms with Crippen molar-refractivity contribution in [3.63, 3.8) is 0 Å². The molecule has 0 aliphatic carbocycles. The fraction of sp³-hybridized carbons (Fsp3) is 0.273. The second kappa shape index (κ2) is 7.60. The molecule has 0 unspecified atom stereocenters. The number of piperidine rings is 1. The third-order valence-electron chi connectivity index (χ3n) is 5.39. The van der Waals surface area contributed by atoms with E-state index in [9.17, 15) is 9.18 Å². The van der Waals surface area contributed by atoms with Gasteiger partial charge in [0.1, 0.15) is 16.6 Å². The predicted molar refractivity (Wildman–Crippen MR) is 113 cm³/mol. The molecule has 3 heterocycles. The number of fused-ring (bicyclic) bond motifs is 1. The molecule has 0 radical (unpaired) electrons. The Morgan fingerprint density at radius 1 is 1.10 bits per heavy atom. The Hall–Kier alpha value is -3.13. The highest BCUT2D eigenvalue weighted by molar-refractivity contribution is 7.18. The van der Waals surface area contributed by atoms with E-state index < -0.39 is 0 Å². The smallest absolute Gasteiger partial charge is 0.294 e. The van der Waals surface area contributed by atoms with Gasteiger partial charge in [-0.25, -0.2) is 19.0 Å². The minimum absolute atomic E-state index is 0.0678. The number of amides is 1. The number of likely N-dealkylation sites (tertiary alicyclic amines) is 1. The van der Waals surface area contributed by atoms with Crippen LogP contribution in [0.2, 0.25) is 0 Å². The zero-order valence-corrected chi connectivity index (χ0v) is 17.3. The minimum atomic E-state index is -0.320. The molecule has 2 aromatic carbocycles. The van der Waals surface area contributed by atoms with Gasteiger partial charge in [-0.1, -0.05) is 12.1 Å². The van der Waals surface area contributed by atoms with Gasteiger partial charge in [0.25, 0.3) is 5.91 Å². The van der Waals surface area contributed by atoms with Crippen molar-refractivity contribution in [3.05, 3.63) is 71.0 Å². The van der Waals surface area contributed by atoms with Crippen LogP contribution in [0.15, 0.2) is 48.5 Å². The molecule has 1 aliphatic rings. The molecule has 30 heavy (non-hydrogen) atoms. The summed E-state index contributed by atoms with van der Waals surface area (Å²) in [6.07, 6.45) is 2.88. The topological polar surface area (TPSA) is 63.9 Å². The Kier molecular flexibility index (Phi) is 4.78. The molecule has 1 amide bonds. The molecule has 4 aromatic rings. The monoisotopic (exact) mass is 421 g/mol. The third-order valence-corrected chi connectivity index (χ3v) is 6.53. The van der Waals surface area contributed by atoms with Crippen LogP contribution in [-0.2, 0) is 0 Å². The molecule has 0 bridgehead atoms. The summed E-state index contributed by atoms with van der Waals surface area (Å²) in [7, 11) is 0. The van der Waals surface area contributed by atoms with E-state index in [0.717, 1.165) is 34.5 Å². The SMILES string of the molecule is Cc1nc(C(=O)N2CCCC[C@@H]2c2nc3ccccc3s2)nn1-c1ccc(F)cc1. The number of hydrogen-bond donors (Lipinski definition) is 0. The van der Waals surface area contributed by atoms with Gasteiger partial charge in [-0.05, 0) is 62.6 Å². The number of halogens is 1. The van der Waals surface area contributed by atoms with Crippen molar-refractivity contribution in [3.8, 4) is 5.69 Å². The highest BCUT2D eigenvalue weighted by Crippen LogP contribution is 2.36. The molecule has 0 saturated carbocycles. The van der Waals surface area contributed by atoms with Gasteiger partial charge in [0, 0.05) is 6.54 Å². The van der Waals surface area contributed by atoms with Crippen LogP contribution < -0.4 is 0 Å². The van der Waals surface area contributed by atoms with Gasteiger partial charge in [0.2, 0.25) is 5.82 Å². The molecular formula is C22H20FN5OS. The summed E-state index contributed by atoms with van der Waals surface area (Å²) in [6.45, 7) is 2.44. The van der Waals surface area contributed by atoms with E-state index in [4.69, 9.17) is 4.98 Å². The maximum atomic E-state index is 13.4. The third kappa shape index (κ3) is 3.37. The van der Waals surface area contributed by atoms with E-state index in [0.29, 0.717) is 18.1 Å². The maximum absolute atomic E-state index is 13.4. The van der Waals surface area contributed by atoms with Gasteiger partial charge in [-0.15, -0.1) is 16.4 Å². The first-order valence-corrected chi connectivity index (χ1v) is 10.8. The quantitative estimate of drug-likeness (QED) is 0.481. The first kappa shape index (κ1) is 18.9. The predicted octanol–water partition coefficient (Wildman–Crippen LogP) is 4.69. The van der Waals surface area contributed by atoms with Crippen molar-refractivity contribution >= 4 is 27.5 Å². The number of carbonyl (C=O) groups excluding carboxylic acids is 1. The highest BCUT2D eigenvalue weighted by atomic mass is 32.1. The molecular weight excluding hydrogens is 401 g/mol. The van der Waals surface area contributed by atoms with Crippen LogP contribution in [0, 0.1) is 12.7 Å². The summed E-state index contributed by atoms with van der Waals surface area (Å²) in [5.41, 5.74) is 1.63. The Bertz CT molecular complexity index is 1180. The van der Waals surface area contributed by atoms with Crippen LogP contribution in [0.4, 0.5) is 4.39 Å². The molecule has 1 aliphatic heterocycles. The molecule has 152 valence electrons. The number of nitrogens with zero attached hydrogens (tertiary/aromatic N) is 5. The summed E-state index contributed by atoms with van der Waals surface area (Å²) in [5, 5.41) is 5.39. The van der Waals surface area contributed by atoms with Gasteiger partial charge in [0.15, 0.2) is 0 Å². The van der Waals surface area contributed by atoms with Gasteiger partial charge < -0.3 is 4.90 Å². The molecule has 1 fully saturated rings. The normalized spacial score (nSPS) is 16.9. The second-order valence-corrected chi connectivity index (χ2v) is 8.46. The van der Waals surface area contributed by atoms with Gasteiger partial charge in [-0.3, -0.25) is 4.79 Å². The second-order valence-electron chi connectivity index (χ2n) is 7.40. The zero-order valence-electron chi connectivity index (χ0n) is 16.5. The van der Waals surface area contributed by atoms with Crippen LogP contribution >= 0.6 is 11.3 Å². The summed E-state index contributed by atoms with van der Waals surface area (Å²) in [5.74, 6) is 0.228. The molecule has 2 aromatic heterocycles. The Labute approximate surface area is 177 Å². The zero-order chi connectivity index (χ0) is 20.7. The summed E-state index contributed by atoms with van der Waals surface area (Å²) < 4.78 is 15.9. The van der Waals surface area contributed by atoms with E-state index in [1.165, 1.54) is 12.1 Å². The van der Waals surface area contributed by atoms with E-state index in [-0.39, 0.29) is 23.6 Å². The lowest BCUT2D eigenvalue weighted by molar-refractivity contribution is 0.0598. The average molecular weight is 422 g/mol. The largest absolute Gasteiger partial charge is 0.326 e. The lowest BCUT2D eigenvalue weighted by Gasteiger charge is -2.33. The van der Waals surface area contributed by atoms with Crippen molar-refractivity contribution in [2.45, 2.75) is 32.2 Å². The molecule has 1 saturated heterocycles. The average Bonchev–Trinajstić information content (AvgIpc) is 3.37. The molecule has 1 atom stereocenters. The highest BCUT2D eigenvalue weighted by Gasteiger charge is 2.33. The van der Waals surface area contributed by atoms with Crippen LogP contribution in [-0.4, -0.2) is 37.1 Å². The van der Waals surface area contributed by atoms with Crippen molar-refractivity contribution < 1.29 is 9.18 Å². The number of benzene rings is 2. The Morgan fingerprint density at radius 2 is 1.90 bits per heavy atom. The maximum Gasteiger partial charge on any atom is 0.294 e. The number of para-hydroxylation sites is 1. The van der Waals surface area contributed by atoms with Crippen LogP contribution in [0.5, 0.6) is 0 Å². The molecule has 6 nitrogen and oxygen atoms in total. The van der Waals surface area contributed by atoms with Gasteiger partial charge >= 0.3 is 0 Å². The number of hydrogen-bond acceptors (Lipinski definition) is 5. The minimum Gasteiger partial charge on any atom is -0.326 e. The van der Waals surface area contributed by atoms with E-state index in [1.807, 2.05) is 23.1 Å². The van der Waals surface area contributed by atoms with Crippen molar-refractivity contribution in [1.82, 2.24) is 24.6 Å². The van der Waals surface area contributed by atoms with Crippen molar-refractivity contribution in [2.75, 3.05) is 6.54 Å². The molecule has 5 rings (SSSR count). The lowest BCUT2D eigenvalue weighted by atomic mass is 10.0. The number of thiazole rings is 1. The molecule has 0 spiro atoms. The summed E-state index contributed by atoms with van der Waals surface area (Å²) in [4.78, 5) is 24.4. The Balaban J connectivity index is 1.46. The first-order chi connectivity index (χ1) is 14.6. The summed E-state index contributed by atoms with van der Waals surface area (Å²) in [6, 6.07) is 13.9. The fourth-order valence-electron chi connectivity index (χ4n) is 3.90. The lowest BCUT2D eigenvalue weighted by Crippen LogP contribution is -2.39. The van der Waals surface area contributed by atoms with Crippen molar-refractivity contribution in [1.29, 1.82) is 0 Å². The van der Waals surface area contributed by atoms with Gasteiger partial charge in [0.05, 0.1) is 21.9 Å². The number of carbonyl (C=O) groups is 1. The van der Waals surface area contributed by atoms with Crippen LogP contribution in [0.1, 0.15) is 46.8 Å². The Morgan fingerprint density at radius 3 is 2.70 bits per heavy atom. The fourth-order valence-corrected chi connectivity index (χ4v) is 5.02.